The quantitative estimate of drug-likeness (QED) is 0.0751. The van der Waals surface area contributed by atoms with Crippen LogP contribution in [-0.2, 0) is 17.9 Å². The van der Waals surface area contributed by atoms with Gasteiger partial charge in [-0.3, -0.25) is 14.6 Å². The van der Waals surface area contributed by atoms with E-state index in [0.29, 0.717) is 43.2 Å². The number of rotatable bonds is 13. The summed E-state index contributed by atoms with van der Waals surface area (Å²) in [5.41, 5.74) is 6.06. The molecule has 54 heavy (non-hydrogen) atoms. The summed E-state index contributed by atoms with van der Waals surface area (Å²) in [6.07, 6.45) is -3.50. The van der Waals surface area contributed by atoms with Gasteiger partial charge >= 0.3 is 12.4 Å². The summed E-state index contributed by atoms with van der Waals surface area (Å²) in [6.45, 7) is 4.13. The van der Waals surface area contributed by atoms with E-state index in [4.69, 9.17) is 9.72 Å². The lowest BCUT2D eigenvalue weighted by Gasteiger charge is -2.33. The molecule has 1 aliphatic rings. The second-order valence-corrected chi connectivity index (χ2v) is 13.0. The molecule has 0 aliphatic carbocycles. The molecule has 1 saturated heterocycles. The number of aromatic hydroxyl groups is 1. The Morgan fingerprint density at radius 2 is 1.63 bits per heavy atom. The van der Waals surface area contributed by atoms with E-state index < -0.39 is 18.1 Å². The van der Waals surface area contributed by atoms with Crippen molar-refractivity contribution in [2.75, 3.05) is 43.4 Å². The topological polar surface area (TPSA) is 141 Å². The van der Waals surface area contributed by atoms with Crippen LogP contribution in [0.3, 0.4) is 0 Å². The van der Waals surface area contributed by atoms with Crippen LogP contribution in [-0.4, -0.2) is 77.1 Å². The Morgan fingerprint density at radius 3 is 2.37 bits per heavy atom. The van der Waals surface area contributed by atoms with Crippen molar-refractivity contribution in [3.8, 4) is 27.8 Å². The normalized spacial score (nSPS) is 13.8. The number of hydrogen-bond acceptors (Lipinski definition) is 10. The van der Waals surface area contributed by atoms with E-state index >= 15 is 0 Å². The molecule has 4 N–H and O–H groups in total. The maximum absolute atomic E-state index is 12.7. The highest BCUT2D eigenvalue weighted by atomic mass is 32.1. The van der Waals surface area contributed by atoms with Crippen LogP contribution >= 0.6 is 11.3 Å². The fraction of sp³-hybridized carbons (Fsp3) is 0.211. The number of urea groups is 1. The van der Waals surface area contributed by atoms with E-state index in [1.54, 1.807) is 36.4 Å². The number of hydrogen-bond donors (Lipinski definition) is 4. The molecule has 16 heteroatoms. The molecule has 280 valence electrons. The Hall–Kier alpha value is -5.97. The molecule has 12 nitrogen and oxygen atoms in total. The first-order valence-corrected chi connectivity index (χ1v) is 17.7. The second-order valence-electron chi connectivity index (χ2n) is 12.2. The number of halogens is 3. The third-order valence-electron chi connectivity index (χ3n) is 8.16. The van der Waals surface area contributed by atoms with Gasteiger partial charge in [0.1, 0.15) is 23.1 Å². The zero-order valence-corrected chi connectivity index (χ0v) is 29.6. The van der Waals surface area contributed by atoms with Crippen LogP contribution in [0, 0.1) is 0 Å². The zero-order chi connectivity index (χ0) is 37.9. The van der Waals surface area contributed by atoms with Gasteiger partial charge in [0.05, 0.1) is 24.1 Å². The second kappa shape index (κ2) is 17.7. The Bertz CT molecular complexity index is 2050. The van der Waals surface area contributed by atoms with Crippen LogP contribution in [0.25, 0.3) is 10.6 Å². The molecule has 1 aromatic heterocycles. The average Bonchev–Trinajstić information content (AvgIpc) is 3.62. The fourth-order valence-corrected chi connectivity index (χ4v) is 6.30. The van der Waals surface area contributed by atoms with Gasteiger partial charge in [0, 0.05) is 61.0 Å². The van der Waals surface area contributed by atoms with Gasteiger partial charge in [-0.1, -0.05) is 42.5 Å². The summed E-state index contributed by atoms with van der Waals surface area (Å²) >= 11 is 1.49. The number of piperazine rings is 1. The number of phenolic OH excluding ortho intramolecular Hbond substituents is 1. The number of para-hydroxylation sites is 2. The smallest absolute Gasteiger partial charge is 0.507 e. The molecule has 1 fully saturated rings. The van der Waals surface area contributed by atoms with Crippen molar-refractivity contribution >= 4 is 40.9 Å². The van der Waals surface area contributed by atoms with Crippen molar-refractivity contribution in [3.63, 3.8) is 0 Å². The van der Waals surface area contributed by atoms with E-state index in [9.17, 15) is 27.9 Å². The summed E-state index contributed by atoms with van der Waals surface area (Å²) in [7, 11) is 0. The highest BCUT2D eigenvalue weighted by molar-refractivity contribution is 7.13. The number of ether oxygens (including phenoxy) is 2. The fourth-order valence-electron chi connectivity index (χ4n) is 5.49. The number of nitrogens with zero attached hydrogens (tertiary/aromatic N) is 4. The van der Waals surface area contributed by atoms with Crippen LogP contribution in [0.1, 0.15) is 16.8 Å². The lowest BCUT2D eigenvalue weighted by atomic mass is 10.2. The number of amides is 3. The van der Waals surface area contributed by atoms with E-state index in [0.717, 1.165) is 41.0 Å². The highest BCUT2D eigenvalue weighted by Crippen LogP contribution is 2.31. The van der Waals surface area contributed by atoms with Gasteiger partial charge in [-0.2, -0.15) is 5.10 Å². The SMILES string of the molecule is O=C(CN1CCN(Cc2csc(-c3ccc(NC(=O)Nc4ccccc4OC(F)(F)F)cc3)n2)CC1)N/N=C/c1ccc(OCc2ccccc2)cc1O. The van der Waals surface area contributed by atoms with Crippen LogP contribution in [0.4, 0.5) is 29.3 Å². The number of benzene rings is 4. The molecule has 0 radical (unpaired) electrons. The van der Waals surface area contributed by atoms with Crippen molar-refractivity contribution in [2.45, 2.75) is 19.5 Å². The molecule has 4 aromatic carbocycles. The first-order chi connectivity index (χ1) is 26.1. The monoisotopic (exact) mass is 759 g/mol. The highest BCUT2D eigenvalue weighted by Gasteiger charge is 2.32. The van der Waals surface area contributed by atoms with Crippen molar-refractivity contribution < 1.29 is 37.3 Å². The third-order valence-corrected chi connectivity index (χ3v) is 9.10. The number of anilines is 2. The van der Waals surface area contributed by atoms with Gasteiger partial charge in [-0.05, 0) is 54.1 Å². The minimum Gasteiger partial charge on any atom is -0.507 e. The molecule has 3 amide bonds. The Morgan fingerprint density at radius 1 is 0.907 bits per heavy atom. The summed E-state index contributed by atoms with van der Waals surface area (Å²) in [6, 6.07) is 26.1. The minimum atomic E-state index is -4.89. The van der Waals surface area contributed by atoms with E-state index in [-0.39, 0.29) is 23.9 Å². The number of nitrogens with one attached hydrogen (secondary N) is 3. The summed E-state index contributed by atoms with van der Waals surface area (Å²) in [5.74, 6) is -0.266. The third kappa shape index (κ3) is 11.3. The Labute approximate surface area is 312 Å². The molecular weight excluding hydrogens is 724 g/mol. The predicted octanol–water partition coefficient (Wildman–Crippen LogP) is 6.91. The number of aromatic nitrogens is 1. The molecule has 0 unspecified atom stereocenters. The van der Waals surface area contributed by atoms with Crippen LogP contribution in [0.15, 0.2) is 108 Å². The lowest BCUT2D eigenvalue weighted by molar-refractivity contribution is -0.274. The van der Waals surface area contributed by atoms with Crippen molar-refractivity contribution in [1.29, 1.82) is 0 Å². The first kappa shape index (κ1) is 37.8. The number of carbonyl (C=O) groups excluding carboxylic acids is 2. The largest absolute Gasteiger partial charge is 0.573 e. The maximum atomic E-state index is 12.7. The molecule has 1 aliphatic heterocycles. The zero-order valence-electron chi connectivity index (χ0n) is 28.8. The average molecular weight is 760 g/mol. The van der Waals surface area contributed by atoms with E-state index in [2.05, 4.69) is 35.7 Å². The van der Waals surface area contributed by atoms with Gasteiger partial charge in [-0.25, -0.2) is 15.2 Å². The predicted molar refractivity (Wildman–Crippen MR) is 200 cm³/mol. The molecule has 6 rings (SSSR count). The minimum absolute atomic E-state index is 0.0114. The van der Waals surface area contributed by atoms with E-state index in [1.807, 2.05) is 35.7 Å². The van der Waals surface area contributed by atoms with Gasteiger partial charge < -0.3 is 25.2 Å². The van der Waals surface area contributed by atoms with Crippen LogP contribution in [0.2, 0.25) is 0 Å². The molecule has 0 bridgehead atoms. The number of thiazole rings is 1. The molecule has 0 spiro atoms. The van der Waals surface area contributed by atoms with Crippen LogP contribution in [0.5, 0.6) is 17.2 Å². The van der Waals surface area contributed by atoms with Gasteiger partial charge in [-0.15, -0.1) is 24.5 Å². The number of carbonyl (C=O) groups is 2. The van der Waals surface area contributed by atoms with Gasteiger partial charge in [0.2, 0.25) is 0 Å². The van der Waals surface area contributed by atoms with Crippen molar-refractivity contribution in [1.82, 2.24) is 20.2 Å². The number of phenols is 1. The van der Waals surface area contributed by atoms with Gasteiger partial charge in [0.15, 0.2) is 5.75 Å². The Kier molecular flexibility index (Phi) is 12.4. The van der Waals surface area contributed by atoms with Crippen LogP contribution < -0.4 is 25.5 Å². The summed E-state index contributed by atoms with van der Waals surface area (Å²) < 4.78 is 47.8. The number of hydrazone groups is 1. The maximum Gasteiger partial charge on any atom is 0.573 e. The molecule has 0 saturated carbocycles. The molecule has 2 heterocycles. The lowest BCUT2D eigenvalue weighted by Crippen LogP contribution is -2.48. The van der Waals surface area contributed by atoms with Crippen molar-refractivity contribution in [3.05, 3.63) is 119 Å². The van der Waals surface area contributed by atoms with Gasteiger partial charge in [0.25, 0.3) is 5.91 Å². The summed E-state index contributed by atoms with van der Waals surface area (Å²) in [4.78, 5) is 34.1. The Balaban J connectivity index is 0.902. The summed E-state index contributed by atoms with van der Waals surface area (Å²) in [5, 5.41) is 22.2. The molecular formula is C38H36F3N7O5S. The van der Waals surface area contributed by atoms with E-state index in [1.165, 1.54) is 41.8 Å². The molecule has 5 aromatic rings. The van der Waals surface area contributed by atoms with Crippen molar-refractivity contribution in [2.24, 2.45) is 5.10 Å². The molecule has 0 atom stereocenters. The standard InChI is InChI=1S/C38H36F3N7O5S/c39-38(40,41)53-34-9-5-4-8-32(34)45-37(51)44-29-13-10-27(11-14-29)36-43-30(25-54-36)22-47-16-18-48(19-17-47)23-35(50)46-42-21-28-12-15-31(20-33(28)49)52-24-26-6-2-1-3-7-26/h1-15,20-21,25,49H,16-19,22-24H2,(H,46,50)(H2,44,45,51)/b42-21+. The number of alkyl halides is 3. The first-order valence-electron chi connectivity index (χ1n) is 16.8.